The molecular formula is C14H10N2O2. The van der Waals surface area contributed by atoms with Crippen LogP contribution in [0.25, 0.3) is 22.3 Å². The SMILES string of the molecule is O=C(O)c1cc2ccc(-c3ccccc3)nc2[nH]1. The number of carbonyl (C=O) groups is 1. The second kappa shape index (κ2) is 4.00. The number of nitrogens with one attached hydrogen (secondary N) is 1. The van der Waals surface area contributed by atoms with E-state index in [2.05, 4.69) is 9.97 Å². The van der Waals surface area contributed by atoms with Gasteiger partial charge in [0.05, 0.1) is 5.69 Å². The molecule has 0 bridgehead atoms. The molecule has 0 aliphatic heterocycles. The number of fused-ring (bicyclic) bond motifs is 1. The van der Waals surface area contributed by atoms with Gasteiger partial charge in [0.25, 0.3) is 0 Å². The summed E-state index contributed by atoms with van der Waals surface area (Å²) in [5.41, 5.74) is 2.57. The molecule has 1 aromatic carbocycles. The highest BCUT2D eigenvalue weighted by Gasteiger charge is 2.09. The molecule has 88 valence electrons. The van der Waals surface area contributed by atoms with Gasteiger partial charge in [0, 0.05) is 10.9 Å². The Balaban J connectivity index is 2.14. The third-order valence-corrected chi connectivity index (χ3v) is 2.78. The smallest absolute Gasteiger partial charge is 0.352 e. The van der Waals surface area contributed by atoms with Crippen molar-refractivity contribution in [2.45, 2.75) is 0 Å². The zero-order valence-corrected chi connectivity index (χ0v) is 9.42. The monoisotopic (exact) mass is 238 g/mol. The quantitative estimate of drug-likeness (QED) is 0.721. The molecule has 0 aliphatic carbocycles. The number of aromatic nitrogens is 2. The molecule has 2 heterocycles. The summed E-state index contributed by atoms with van der Waals surface area (Å²) in [6.07, 6.45) is 0. The fraction of sp³-hybridized carbons (Fsp3) is 0. The Bertz CT molecular complexity index is 717. The summed E-state index contributed by atoms with van der Waals surface area (Å²) in [7, 11) is 0. The van der Waals surface area contributed by atoms with Crippen molar-refractivity contribution >= 4 is 17.0 Å². The maximum absolute atomic E-state index is 10.9. The molecule has 0 fully saturated rings. The van der Waals surface area contributed by atoms with Gasteiger partial charge in [-0.3, -0.25) is 0 Å². The minimum atomic E-state index is -0.978. The fourth-order valence-electron chi connectivity index (χ4n) is 1.89. The van der Waals surface area contributed by atoms with E-state index >= 15 is 0 Å². The first kappa shape index (κ1) is 10.5. The second-order valence-corrected chi connectivity index (χ2v) is 3.99. The van der Waals surface area contributed by atoms with Gasteiger partial charge >= 0.3 is 5.97 Å². The molecule has 0 spiro atoms. The van der Waals surface area contributed by atoms with Gasteiger partial charge in [0.2, 0.25) is 0 Å². The van der Waals surface area contributed by atoms with Crippen LogP contribution in [0.5, 0.6) is 0 Å². The maximum atomic E-state index is 10.9. The van der Waals surface area contributed by atoms with E-state index in [0.717, 1.165) is 16.6 Å². The highest BCUT2D eigenvalue weighted by molar-refractivity contribution is 5.93. The number of pyridine rings is 1. The van der Waals surface area contributed by atoms with Crippen LogP contribution in [-0.2, 0) is 0 Å². The molecule has 2 N–H and O–H groups in total. The summed E-state index contributed by atoms with van der Waals surface area (Å²) in [6.45, 7) is 0. The van der Waals surface area contributed by atoms with E-state index in [4.69, 9.17) is 5.11 Å². The van der Waals surface area contributed by atoms with E-state index in [-0.39, 0.29) is 5.69 Å². The number of rotatable bonds is 2. The molecule has 2 aromatic heterocycles. The maximum Gasteiger partial charge on any atom is 0.352 e. The van der Waals surface area contributed by atoms with E-state index in [1.165, 1.54) is 0 Å². The lowest BCUT2D eigenvalue weighted by Gasteiger charge is -1.99. The predicted molar refractivity (Wildman–Crippen MR) is 68.5 cm³/mol. The van der Waals surface area contributed by atoms with Crippen LogP contribution in [-0.4, -0.2) is 21.0 Å². The molecule has 0 saturated carbocycles. The van der Waals surface area contributed by atoms with Crippen molar-refractivity contribution in [3.63, 3.8) is 0 Å². The van der Waals surface area contributed by atoms with E-state index in [9.17, 15) is 4.79 Å². The molecule has 4 nitrogen and oxygen atoms in total. The van der Waals surface area contributed by atoms with Crippen molar-refractivity contribution < 1.29 is 9.90 Å². The summed E-state index contributed by atoms with van der Waals surface area (Å²) in [5.74, 6) is -0.978. The van der Waals surface area contributed by atoms with Crippen LogP contribution < -0.4 is 0 Å². The number of hydrogen-bond donors (Lipinski definition) is 2. The van der Waals surface area contributed by atoms with E-state index in [0.29, 0.717) is 5.65 Å². The van der Waals surface area contributed by atoms with Gasteiger partial charge in [0.15, 0.2) is 0 Å². The van der Waals surface area contributed by atoms with Crippen LogP contribution in [0.15, 0.2) is 48.5 Å². The van der Waals surface area contributed by atoms with E-state index in [1.807, 2.05) is 42.5 Å². The molecule has 3 aromatic rings. The molecule has 0 unspecified atom stereocenters. The number of benzene rings is 1. The topological polar surface area (TPSA) is 66.0 Å². The lowest BCUT2D eigenvalue weighted by atomic mass is 10.1. The molecular weight excluding hydrogens is 228 g/mol. The van der Waals surface area contributed by atoms with Crippen molar-refractivity contribution in [1.82, 2.24) is 9.97 Å². The second-order valence-electron chi connectivity index (χ2n) is 3.99. The van der Waals surface area contributed by atoms with Gasteiger partial charge < -0.3 is 10.1 Å². The number of hydrogen-bond acceptors (Lipinski definition) is 2. The molecule has 0 amide bonds. The number of aromatic carboxylic acids is 1. The standard InChI is InChI=1S/C14H10N2O2/c17-14(18)12-8-10-6-7-11(15-13(10)16-12)9-4-2-1-3-5-9/h1-8H,(H,15,16)(H,17,18). The molecule has 0 saturated heterocycles. The van der Waals surface area contributed by atoms with Gasteiger partial charge in [-0.2, -0.15) is 0 Å². The Morgan fingerprint density at radius 1 is 1.11 bits per heavy atom. The molecule has 3 rings (SSSR count). The van der Waals surface area contributed by atoms with E-state index in [1.54, 1.807) is 6.07 Å². The first-order valence-electron chi connectivity index (χ1n) is 5.52. The molecule has 0 atom stereocenters. The van der Waals surface area contributed by atoms with Crippen LogP contribution in [0, 0.1) is 0 Å². The summed E-state index contributed by atoms with van der Waals surface area (Å²) < 4.78 is 0. The minimum Gasteiger partial charge on any atom is -0.477 e. The number of carboxylic acid groups (broad SMARTS) is 1. The zero-order valence-electron chi connectivity index (χ0n) is 9.42. The van der Waals surface area contributed by atoms with Gasteiger partial charge in [-0.15, -0.1) is 0 Å². The van der Waals surface area contributed by atoms with Crippen LogP contribution in [0.3, 0.4) is 0 Å². The summed E-state index contributed by atoms with van der Waals surface area (Å²) in [6, 6.07) is 15.1. The zero-order chi connectivity index (χ0) is 12.5. The van der Waals surface area contributed by atoms with E-state index < -0.39 is 5.97 Å². The predicted octanol–water partition coefficient (Wildman–Crippen LogP) is 2.93. The van der Waals surface area contributed by atoms with Crippen LogP contribution >= 0.6 is 0 Å². The summed E-state index contributed by atoms with van der Waals surface area (Å²) in [5, 5.41) is 9.71. The van der Waals surface area contributed by atoms with Crippen molar-refractivity contribution in [2.75, 3.05) is 0 Å². The number of H-pyrrole nitrogens is 1. The van der Waals surface area contributed by atoms with Crippen molar-refractivity contribution in [1.29, 1.82) is 0 Å². The Morgan fingerprint density at radius 2 is 1.89 bits per heavy atom. The minimum absolute atomic E-state index is 0.155. The van der Waals surface area contributed by atoms with Gasteiger partial charge in [-0.25, -0.2) is 9.78 Å². The Labute approximate surface area is 103 Å². The normalized spacial score (nSPS) is 10.7. The highest BCUT2D eigenvalue weighted by atomic mass is 16.4. The third kappa shape index (κ3) is 1.73. The summed E-state index contributed by atoms with van der Waals surface area (Å²) in [4.78, 5) is 18.1. The van der Waals surface area contributed by atoms with Gasteiger partial charge in [0.1, 0.15) is 11.3 Å². The highest BCUT2D eigenvalue weighted by Crippen LogP contribution is 2.21. The van der Waals surface area contributed by atoms with Gasteiger partial charge in [-0.1, -0.05) is 30.3 Å². The first-order chi connectivity index (χ1) is 8.74. The average Bonchev–Trinajstić information content (AvgIpc) is 2.82. The number of carboxylic acids is 1. The first-order valence-corrected chi connectivity index (χ1v) is 5.52. The molecule has 0 radical (unpaired) electrons. The van der Waals surface area contributed by atoms with Crippen LogP contribution in [0.2, 0.25) is 0 Å². The lowest BCUT2D eigenvalue weighted by molar-refractivity contribution is 0.0691. The Hall–Kier alpha value is -2.62. The Kier molecular flexibility index (Phi) is 2.34. The largest absolute Gasteiger partial charge is 0.477 e. The molecule has 4 heteroatoms. The number of aromatic amines is 1. The number of nitrogens with zero attached hydrogens (tertiary/aromatic N) is 1. The fourth-order valence-corrected chi connectivity index (χ4v) is 1.89. The molecule has 0 aliphatic rings. The van der Waals surface area contributed by atoms with Crippen molar-refractivity contribution in [2.24, 2.45) is 0 Å². The van der Waals surface area contributed by atoms with Crippen LogP contribution in [0.4, 0.5) is 0 Å². The van der Waals surface area contributed by atoms with Gasteiger partial charge in [-0.05, 0) is 18.2 Å². The Morgan fingerprint density at radius 3 is 2.61 bits per heavy atom. The lowest BCUT2D eigenvalue weighted by Crippen LogP contribution is -1.95. The van der Waals surface area contributed by atoms with Crippen molar-refractivity contribution in [3.8, 4) is 11.3 Å². The summed E-state index contributed by atoms with van der Waals surface area (Å²) >= 11 is 0. The van der Waals surface area contributed by atoms with Crippen molar-refractivity contribution in [3.05, 3.63) is 54.2 Å². The molecule has 18 heavy (non-hydrogen) atoms. The third-order valence-electron chi connectivity index (χ3n) is 2.78. The average molecular weight is 238 g/mol. The van der Waals surface area contributed by atoms with Crippen LogP contribution in [0.1, 0.15) is 10.5 Å².